The number of hydrogen-bond acceptors (Lipinski definition) is 6. The average Bonchev–Trinajstić information content (AvgIpc) is 3.40. The number of rotatable bonds is 9. The molecule has 8 heteroatoms. The fraction of sp³-hybridized carbons (Fsp3) is 0.382. The first-order valence-corrected chi connectivity index (χ1v) is 15.3. The number of thioether (sulfide) groups is 1. The van der Waals surface area contributed by atoms with Gasteiger partial charge in [-0.1, -0.05) is 50.2 Å². The van der Waals surface area contributed by atoms with Gasteiger partial charge in [0.25, 0.3) is 0 Å². The maximum absolute atomic E-state index is 13.9. The number of benzene rings is 3. The molecule has 7 nitrogen and oxygen atoms in total. The Morgan fingerprint density at radius 3 is 2.07 bits per heavy atom. The van der Waals surface area contributed by atoms with Crippen molar-refractivity contribution in [1.29, 1.82) is 0 Å². The molecule has 1 unspecified atom stereocenters. The van der Waals surface area contributed by atoms with Crippen LogP contribution in [0.3, 0.4) is 0 Å². The zero-order valence-electron chi connectivity index (χ0n) is 25.3. The van der Waals surface area contributed by atoms with Crippen molar-refractivity contribution in [2.75, 3.05) is 19.3 Å². The zero-order chi connectivity index (χ0) is 30.8. The maximum atomic E-state index is 13.9. The predicted octanol–water partition coefficient (Wildman–Crippen LogP) is 7.49. The molecule has 42 heavy (non-hydrogen) atoms. The number of aliphatic carboxylic acids is 1. The molecule has 1 saturated heterocycles. The summed E-state index contributed by atoms with van der Waals surface area (Å²) in [4.78, 5) is 41.5. The van der Waals surface area contributed by atoms with Gasteiger partial charge in [0, 0.05) is 35.4 Å². The molecule has 1 heterocycles. The summed E-state index contributed by atoms with van der Waals surface area (Å²) >= 11 is 1.61. The van der Waals surface area contributed by atoms with E-state index in [0.29, 0.717) is 29.5 Å². The lowest BCUT2D eigenvalue weighted by Gasteiger charge is -2.26. The summed E-state index contributed by atoms with van der Waals surface area (Å²) in [6, 6.07) is 18.9. The minimum Gasteiger partial charge on any atom is -0.478 e. The van der Waals surface area contributed by atoms with Gasteiger partial charge in [0.2, 0.25) is 0 Å². The molecule has 1 aliphatic heterocycles. The number of aryl methyl sites for hydroxylation is 2. The minimum absolute atomic E-state index is 0.0353. The molecule has 0 spiro atoms. The minimum atomic E-state index is -1.40. The average molecular weight is 590 g/mol. The normalized spacial score (nSPS) is 16.9. The Morgan fingerprint density at radius 1 is 0.952 bits per heavy atom. The zero-order valence-corrected chi connectivity index (χ0v) is 26.1. The number of carbonyl (C=O) groups excluding carboxylic acids is 2. The number of ketones is 1. The van der Waals surface area contributed by atoms with Crippen LogP contribution in [0, 0.1) is 19.8 Å². The highest BCUT2D eigenvalue weighted by Crippen LogP contribution is 2.39. The van der Waals surface area contributed by atoms with E-state index < -0.39 is 23.6 Å². The van der Waals surface area contributed by atoms with E-state index in [2.05, 4.69) is 13.8 Å². The fourth-order valence-corrected chi connectivity index (χ4v) is 5.68. The van der Waals surface area contributed by atoms with E-state index in [1.807, 2.05) is 68.6 Å². The Hall–Kier alpha value is -3.78. The lowest BCUT2D eigenvalue weighted by molar-refractivity contribution is -0.152. The quantitative estimate of drug-likeness (QED) is 0.204. The Balaban J connectivity index is 1.64. The summed E-state index contributed by atoms with van der Waals surface area (Å²) in [5, 5.41) is 9.56. The Labute approximate surface area is 252 Å². The van der Waals surface area contributed by atoms with Crippen molar-refractivity contribution in [3.63, 3.8) is 0 Å². The number of hydrogen-bond donors (Lipinski definition) is 1. The molecule has 1 N–H and O–H groups in total. The molecular weight excluding hydrogens is 550 g/mol. The summed E-state index contributed by atoms with van der Waals surface area (Å²) < 4.78 is 11.6. The molecule has 1 aliphatic rings. The van der Waals surface area contributed by atoms with Crippen LogP contribution < -0.4 is 9.47 Å². The van der Waals surface area contributed by atoms with Crippen molar-refractivity contribution in [1.82, 2.24) is 4.90 Å². The first-order chi connectivity index (χ1) is 19.8. The Bertz CT molecular complexity index is 1440. The topological polar surface area (TPSA) is 93.1 Å². The van der Waals surface area contributed by atoms with Gasteiger partial charge in [-0.05, 0) is 86.4 Å². The summed E-state index contributed by atoms with van der Waals surface area (Å²) in [5.41, 5.74) is 2.76. The van der Waals surface area contributed by atoms with Crippen LogP contribution in [0.4, 0.5) is 4.79 Å². The van der Waals surface area contributed by atoms with Crippen LogP contribution in [0.15, 0.2) is 65.6 Å². The van der Waals surface area contributed by atoms with Gasteiger partial charge in [0.15, 0.2) is 11.4 Å². The Kier molecular flexibility index (Phi) is 9.36. The number of nitrogens with zero attached hydrogens (tertiary/aromatic N) is 1. The van der Waals surface area contributed by atoms with Crippen molar-refractivity contribution < 1.29 is 29.0 Å². The molecule has 0 aromatic heterocycles. The maximum Gasteiger partial charge on any atom is 0.415 e. The van der Waals surface area contributed by atoms with Gasteiger partial charge in [0.1, 0.15) is 11.5 Å². The first kappa shape index (κ1) is 31.2. The van der Waals surface area contributed by atoms with Gasteiger partial charge in [-0.25, -0.2) is 9.59 Å². The van der Waals surface area contributed by atoms with E-state index in [9.17, 15) is 19.5 Å². The highest BCUT2D eigenvalue weighted by atomic mass is 32.2. The number of ether oxygens (including phenoxy) is 2. The lowest BCUT2D eigenvalue weighted by atomic mass is 9.82. The molecule has 1 amide bonds. The van der Waals surface area contributed by atoms with Crippen LogP contribution >= 0.6 is 11.8 Å². The molecule has 222 valence electrons. The first-order valence-electron chi connectivity index (χ1n) is 14.1. The van der Waals surface area contributed by atoms with Crippen molar-refractivity contribution in [2.45, 2.75) is 63.9 Å². The van der Waals surface area contributed by atoms with E-state index in [4.69, 9.17) is 9.47 Å². The molecule has 3 aromatic carbocycles. The van der Waals surface area contributed by atoms with Gasteiger partial charge < -0.3 is 19.5 Å². The summed E-state index contributed by atoms with van der Waals surface area (Å²) in [6.07, 6.45) is 1.49. The van der Waals surface area contributed by atoms with E-state index in [-0.39, 0.29) is 18.2 Å². The van der Waals surface area contributed by atoms with Gasteiger partial charge in [-0.15, -0.1) is 11.8 Å². The standard InChI is InChI=1S/C34H39NO6S/c1-20(2)23-8-12-26(13-9-23)40-33(39)35-18-28(29(19-35)30(36)24-10-14-27(42-7)15-11-24)25-16-21(3)31(22(4)17-25)41-34(5,6)32(37)38/h8-17,20,28-29H,18-19H2,1-7H3,(H,37,38)/t28?,29-/m1/s1. The highest BCUT2D eigenvalue weighted by Gasteiger charge is 2.42. The molecule has 0 bridgehead atoms. The number of carboxylic acids is 1. The largest absolute Gasteiger partial charge is 0.478 e. The third-order valence-electron chi connectivity index (χ3n) is 7.82. The molecule has 0 saturated carbocycles. The molecule has 3 aromatic rings. The van der Waals surface area contributed by atoms with Gasteiger partial charge in [-0.3, -0.25) is 4.79 Å². The smallest absolute Gasteiger partial charge is 0.415 e. The second-order valence-electron chi connectivity index (χ2n) is 11.7. The fourth-order valence-electron chi connectivity index (χ4n) is 5.27. The van der Waals surface area contributed by atoms with Crippen LogP contribution in [-0.2, 0) is 4.79 Å². The van der Waals surface area contributed by atoms with E-state index in [1.165, 1.54) is 13.8 Å². The number of carbonyl (C=O) groups is 3. The SMILES string of the molecule is CSc1ccc(C(=O)[C@@H]2CN(C(=O)Oc3ccc(C(C)C)cc3)CC2c2cc(C)c(OC(C)(C)C(=O)O)c(C)c2)cc1. The van der Waals surface area contributed by atoms with Crippen LogP contribution in [0.5, 0.6) is 11.5 Å². The van der Waals surface area contributed by atoms with Crippen LogP contribution in [0.25, 0.3) is 0 Å². The molecule has 0 aliphatic carbocycles. The lowest BCUT2D eigenvalue weighted by Crippen LogP contribution is -2.38. The summed E-state index contributed by atoms with van der Waals surface area (Å²) in [7, 11) is 0. The second-order valence-corrected chi connectivity index (χ2v) is 12.6. The third kappa shape index (κ3) is 6.81. The van der Waals surface area contributed by atoms with E-state index >= 15 is 0 Å². The number of amides is 1. The molecular formula is C34H39NO6S. The molecule has 2 atom stereocenters. The van der Waals surface area contributed by atoms with Crippen molar-refractivity contribution in [3.05, 3.63) is 88.5 Å². The third-order valence-corrected chi connectivity index (χ3v) is 8.57. The van der Waals surface area contributed by atoms with Crippen molar-refractivity contribution >= 4 is 29.6 Å². The highest BCUT2D eigenvalue weighted by molar-refractivity contribution is 7.98. The predicted molar refractivity (Wildman–Crippen MR) is 165 cm³/mol. The Morgan fingerprint density at radius 2 is 1.55 bits per heavy atom. The summed E-state index contributed by atoms with van der Waals surface area (Å²) in [5.74, 6) is -0.545. The van der Waals surface area contributed by atoms with Gasteiger partial charge in [0.05, 0.1) is 0 Å². The monoisotopic (exact) mass is 589 g/mol. The number of carboxylic acid groups (broad SMARTS) is 1. The van der Waals surface area contributed by atoms with Crippen LogP contribution in [-0.4, -0.2) is 52.8 Å². The second kappa shape index (κ2) is 12.6. The van der Waals surface area contributed by atoms with Crippen LogP contribution in [0.1, 0.15) is 72.1 Å². The molecule has 4 rings (SSSR count). The van der Waals surface area contributed by atoms with Crippen molar-refractivity contribution in [2.24, 2.45) is 5.92 Å². The molecule has 1 fully saturated rings. The van der Waals surface area contributed by atoms with E-state index in [1.54, 1.807) is 28.8 Å². The van der Waals surface area contributed by atoms with Crippen molar-refractivity contribution in [3.8, 4) is 11.5 Å². The van der Waals surface area contributed by atoms with Crippen LogP contribution in [0.2, 0.25) is 0 Å². The summed E-state index contributed by atoms with van der Waals surface area (Å²) in [6.45, 7) is 11.5. The van der Waals surface area contributed by atoms with Gasteiger partial charge >= 0.3 is 12.1 Å². The number of Topliss-reactive ketones (excluding diaryl/α,β-unsaturated/α-hetero) is 1. The van der Waals surface area contributed by atoms with E-state index in [0.717, 1.165) is 27.1 Å². The molecule has 0 radical (unpaired) electrons. The number of likely N-dealkylation sites (tertiary alicyclic amines) is 1. The van der Waals surface area contributed by atoms with Gasteiger partial charge in [-0.2, -0.15) is 0 Å².